The molecule has 0 radical (unpaired) electrons. The molecule has 54 valence electrons. The maximum atomic E-state index is 11.2. The van der Waals surface area contributed by atoms with Crippen molar-refractivity contribution < 1.29 is 13.9 Å². The van der Waals surface area contributed by atoms with Gasteiger partial charge in [0.2, 0.25) is 6.86 Å². The molecule has 0 fully saturated rings. The fraction of sp³-hybridized carbons (Fsp3) is 0.750. The van der Waals surface area contributed by atoms with Gasteiger partial charge in [-0.2, -0.15) is 0 Å². The molecule has 3 nitrogen and oxygen atoms in total. The number of nitrogens with one attached hydrogen (secondary N) is 1. The third-order valence-electron chi connectivity index (χ3n) is 0.549. The molecule has 0 aromatic carbocycles. The minimum atomic E-state index is -1.08. The number of rotatable bonds is 3. The molecular weight excluding hydrogens is 193 g/mol. The summed E-state index contributed by atoms with van der Waals surface area (Å²) in [5.41, 5.74) is 0. The first-order chi connectivity index (χ1) is 4.31. The Morgan fingerprint density at radius 3 is 2.89 bits per heavy atom. The van der Waals surface area contributed by atoms with E-state index >= 15 is 0 Å². The summed E-state index contributed by atoms with van der Waals surface area (Å²) in [5.74, 6) is 0. The van der Waals surface area contributed by atoms with Crippen molar-refractivity contribution in [2.24, 2.45) is 0 Å². The Morgan fingerprint density at radius 1 is 1.78 bits per heavy atom. The van der Waals surface area contributed by atoms with Crippen LogP contribution in [0.15, 0.2) is 0 Å². The molecule has 0 heterocycles. The summed E-state index contributed by atoms with van der Waals surface area (Å²) in [6.45, 7) is -0.632. The second kappa shape index (κ2) is 5.81. The number of hydrogen-bond donors (Lipinski definition) is 1. The number of hydrogen-bond acceptors (Lipinski definition) is 2. The summed E-state index contributed by atoms with van der Waals surface area (Å²) in [6, 6.07) is 0. The largest absolute Gasteiger partial charge is 0.418 e. The molecule has 0 bridgehead atoms. The van der Waals surface area contributed by atoms with Crippen molar-refractivity contribution in [3.8, 4) is 0 Å². The highest BCUT2D eigenvalue weighted by Gasteiger charge is 1.96. The SMILES string of the molecule is O=C(NCCBr)OCF. The van der Waals surface area contributed by atoms with E-state index in [1.165, 1.54) is 0 Å². The van der Waals surface area contributed by atoms with Crippen molar-refractivity contribution in [3.63, 3.8) is 0 Å². The number of ether oxygens (including phenoxy) is 1. The molecule has 0 aromatic heterocycles. The number of alkyl halides is 2. The minimum Gasteiger partial charge on any atom is -0.418 e. The van der Waals surface area contributed by atoms with Crippen LogP contribution in [0.2, 0.25) is 0 Å². The van der Waals surface area contributed by atoms with Crippen LogP contribution in [0.1, 0.15) is 0 Å². The van der Waals surface area contributed by atoms with E-state index in [1.54, 1.807) is 0 Å². The predicted molar refractivity (Wildman–Crippen MR) is 34.3 cm³/mol. The van der Waals surface area contributed by atoms with Crippen LogP contribution in [0.25, 0.3) is 0 Å². The average molecular weight is 200 g/mol. The Balaban J connectivity index is 3.06. The van der Waals surface area contributed by atoms with Gasteiger partial charge in [0.05, 0.1) is 0 Å². The van der Waals surface area contributed by atoms with Gasteiger partial charge in [-0.25, -0.2) is 9.18 Å². The van der Waals surface area contributed by atoms with Gasteiger partial charge < -0.3 is 10.1 Å². The maximum absolute atomic E-state index is 11.2. The summed E-state index contributed by atoms with van der Waals surface area (Å²) in [6.07, 6.45) is -0.725. The second-order valence-electron chi connectivity index (χ2n) is 1.16. The third kappa shape index (κ3) is 5.55. The van der Waals surface area contributed by atoms with E-state index in [-0.39, 0.29) is 0 Å². The molecule has 0 saturated carbocycles. The number of carbonyl (C=O) groups is 1. The third-order valence-corrected chi connectivity index (χ3v) is 0.946. The molecule has 5 heteroatoms. The summed E-state index contributed by atoms with van der Waals surface area (Å²) in [7, 11) is 0. The van der Waals surface area contributed by atoms with Gasteiger partial charge in [-0.1, -0.05) is 15.9 Å². The van der Waals surface area contributed by atoms with E-state index in [9.17, 15) is 9.18 Å². The highest BCUT2D eigenvalue weighted by Crippen LogP contribution is 1.79. The van der Waals surface area contributed by atoms with Crippen LogP contribution in [0, 0.1) is 0 Å². The van der Waals surface area contributed by atoms with Crippen LogP contribution in [0.5, 0.6) is 0 Å². The van der Waals surface area contributed by atoms with Crippen LogP contribution in [-0.4, -0.2) is 24.8 Å². The molecule has 0 unspecified atom stereocenters. The van der Waals surface area contributed by atoms with Gasteiger partial charge >= 0.3 is 6.09 Å². The van der Waals surface area contributed by atoms with Gasteiger partial charge in [-0.15, -0.1) is 0 Å². The Morgan fingerprint density at radius 2 is 2.44 bits per heavy atom. The molecule has 0 aromatic rings. The standard InChI is InChI=1S/C4H7BrFNO2/c5-1-2-7-4(8)9-3-6/h1-3H2,(H,7,8). The fourth-order valence-electron chi connectivity index (χ4n) is 0.250. The van der Waals surface area contributed by atoms with Crippen molar-refractivity contribution in [1.29, 1.82) is 0 Å². The van der Waals surface area contributed by atoms with Crippen LogP contribution >= 0.6 is 15.9 Å². The molecule has 0 aliphatic carbocycles. The van der Waals surface area contributed by atoms with Crippen molar-refractivity contribution in [2.75, 3.05) is 18.7 Å². The van der Waals surface area contributed by atoms with E-state index in [2.05, 4.69) is 26.0 Å². The van der Waals surface area contributed by atoms with Crippen LogP contribution in [-0.2, 0) is 4.74 Å². The van der Waals surface area contributed by atoms with E-state index in [4.69, 9.17) is 0 Å². The monoisotopic (exact) mass is 199 g/mol. The van der Waals surface area contributed by atoms with Gasteiger partial charge in [0, 0.05) is 11.9 Å². The number of amides is 1. The molecule has 0 aliphatic rings. The van der Waals surface area contributed by atoms with E-state index in [0.29, 0.717) is 11.9 Å². The lowest BCUT2D eigenvalue weighted by Crippen LogP contribution is -2.25. The molecule has 0 spiro atoms. The molecular formula is C4H7BrFNO2. The van der Waals surface area contributed by atoms with Crippen molar-refractivity contribution in [2.45, 2.75) is 0 Å². The van der Waals surface area contributed by atoms with Gasteiger partial charge in [0.15, 0.2) is 0 Å². The lowest BCUT2D eigenvalue weighted by atomic mass is 10.8. The zero-order valence-electron chi connectivity index (χ0n) is 4.69. The Kier molecular flexibility index (Phi) is 5.60. The molecule has 0 aliphatic heterocycles. The number of halogens is 2. The molecule has 1 N–H and O–H groups in total. The number of carbonyl (C=O) groups excluding carboxylic acids is 1. The second-order valence-corrected chi connectivity index (χ2v) is 1.95. The van der Waals surface area contributed by atoms with Crippen molar-refractivity contribution >= 4 is 22.0 Å². The van der Waals surface area contributed by atoms with Crippen LogP contribution < -0.4 is 5.32 Å². The van der Waals surface area contributed by atoms with Gasteiger partial charge in [0.25, 0.3) is 0 Å². The summed E-state index contributed by atoms with van der Waals surface area (Å²) in [4.78, 5) is 10.2. The van der Waals surface area contributed by atoms with E-state index < -0.39 is 13.0 Å². The molecule has 1 amide bonds. The molecule has 0 saturated heterocycles. The minimum absolute atomic E-state index is 0.443. The van der Waals surface area contributed by atoms with Crippen LogP contribution in [0.3, 0.4) is 0 Å². The first-order valence-electron chi connectivity index (χ1n) is 2.33. The maximum Gasteiger partial charge on any atom is 0.409 e. The van der Waals surface area contributed by atoms with E-state index in [1.807, 2.05) is 0 Å². The molecule has 0 rings (SSSR count). The van der Waals surface area contributed by atoms with E-state index in [0.717, 1.165) is 0 Å². The lowest BCUT2D eigenvalue weighted by Gasteiger charge is -1.99. The first-order valence-corrected chi connectivity index (χ1v) is 3.46. The molecule has 9 heavy (non-hydrogen) atoms. The Hall–Kier alpha value is -0.320. The summed E-state index contributed by atoms with van der Waals surface area (Å²) in [5, 5.41) is 2.92. The van der Waals surface area contributed by atoms with Gasteiger partial charge in [-0.05, 0) is 0 Å². The Labute approximate surface area is 60.7 Å². The number of alkyl carbamates (subject to hydrolysis) is 1. The lowest BCUT2D eigenvalue weighted by molar-refractivity contribution is 0.0988. The topological polar surface area (TPSA) is 38.3 Å². The Bertz CT molecular complexity index is 90.6. The summed E-state index contributed by atoms with van der Waals surface area (Å²) >= 11 is 3.06. The zero-order valence-corrected chi connectivity index (χ0v) is 6.28. The molecule has 0 atom stereocenters. The quantitative estimate of drug-likeness (QED) is 0.691. The normalized spacial score (nSPS) is 8.67. The highest BCUT2D eigenvalue weighted by atomic mass is 79.9. The fourth-order valence-corrected chi connectivity index (χ4v) is 0.448. The average Bonchev–Trinajstić information content (AvgIpc) is 1.85. The zero-order chi connectivity index (χ0) is 7.11. The summed E-state index contributed by atoms with van der Waals surface area (Å²) < 4.78 is 15.1. The van der Waals surface area contributed by atoms with Gasteiger partial charge in [-0.3, -0.25) is 0 Å². The van der Waals surface area contributed by atoms with Crippen LogP contribution in [0.4, 0.5) is 9.18 Å². The smallest absolute Gasteiger partial charge is 0.409 e. The highest BCUT2D eigenvalue weighted by molar-refractivity contribution is 9.09. The predicted octanol–water partition coefficient (Wildman–Crippen LogP) is 1.03. The first kappa shape index (κ1) is 8.68. The van der Waals surface area contributed by atoms with Crippen molar-refractivity contribution in [1.82, 2.24) is 5.32 Å². The van der Waals surface area contributed by atoms with Crippen molar-refractivity contribution in [3.05, 3.63) is 0 Å². The van der Waals surface area contributed by atoms with Gasteiger partial charge in [0.1, 0.15) is 0 Å².